The normalized spacial score (nSPS) is 12.4. The Kier molecular flexibility index (Phi) is 11.9. The van der Waals surface area contributed by atoms with E-state index in [2.05, 4.69) is 33.5 Å². The first-order valence-corrected chi connectivity index (χ1v) is 10.9. The highest BCUT2D eigenvalue weighted by molar-refractivity contribution is 5.99. The van der Waals surface area contributed by atoms with Gasteiger partial charge in [0.15, 0.2) is 0 Å². The third-order valence-corrected chi connectivity index (χ3v) is 4.42. The van der Waals surface area contributed by atoms with Gasteiger partial charge in [-0.1, -0.05) is 45.9 Å². The fraction of sp³-hybridized carbons (Fsp3) is 0.417. The Labute approximate surface area is 181 Å². The van der Waals surface area contributed by atoms with Crippen LogP contribution in [0.5, 0.6) is 0 Å². The number of hydrazine groups is 1. The van der Waals surface area contributed by atoms with Crippen LogP contribution in [0.4, 0.5) is 0 Å². The van der Waals surface area contributed by atoms with E-state index in [4.69, 9.17) is 0 Å². The zero-order valence-corrected chi connectivity index (χ0v) is 19.1. The summed E-state index contributed by atoms with van der Waals surface area (Å²) in [5, 5.41) is 0.958. The van der Waals surface area contributed by atoms with Crippen molar-refractivity contribution in [3.05, 3.63) is 60.6 Å². The van der Waals surface area contributed by atoms with Crippen LogP contribution in [0.1, 0.15) is 63.4 Å². The summed E-state index contributed by atoms with van der Waals surface area (Å²) in [5.74, 6) is -0.0106. The Morgan fingerprint density at radius 1 is 1.30 bits per heavy atom. The molecule has 3 N–H and O–H groups in total. The van der Waals surface area contributed by atoms with Gasteiger partial charge in [-0.2, -0.15) is 0 Å². The maximum atomic E-state index is 13.0. The van der Waals surface area contributed by atoms with E-state index in [-0.39, 0.29) is 5.91 Å². The van der Waals surface area contributed by atoms with Gasteiger partial charge in [0.25, 0.3) is 5.91 Å². The first-order chi connectivity index (χ1) is 14.7. The molecule has 2 aromatic heterocycles. The number of pyridine rings is 1. The van der Waals surface area contributed by atoms with E-state index in [1.165, 1.54) is 0 Å². The highest BCUT2D eigenvalue weighted by atomic mass is 16.2. The van der Waals surface area contributed by atoms with Crippen molar-refractivity contribution in [3.8, 4) is 0 Å². The summed E-state index contributed by atoms with van der Waals surface area (Å²) in [6, 6.07) is 1.93. The number of H-pyrrole nitrogens is 1. The number of carbonyl (C=O) groups is 1. The quantitative estimate of drug-likeness (QED) is 0.420. The molecule has 1 amide bonds. The third kappa shape index (κ3) is 6.59. The van der Waals surface area contributed by atoms with Crippen molar-refractivity contribution < 1.29 is 4.79 Å². The van der Waals surface area contributed by atoms with Gasteiger partial charge in [0.2, 0.25) is 0 Å². The highest BCUT2D eigenvalue weighted by Gasteiger charge is 2.18. The number of nitrogens with zero attached hydrogens (tertiary/aromatic N) is 2. The minimum Gasteiger partial charge on any atom is -0.346 e. The summed E-state index contributed by atoms with van der Waals surface area (Å²) >= 11 is 0. The van der Waals surface area contributed by atoms with Crippen LogP contribution in [0.15, 0.2) is 49.5 Å². The second-order valence-electron chi connectivity index (χ2n) is 6.24. The molecule has 1 aliphatic rings. The first-order valence-electron chi connectivity index (χ1n) is 10.9. The van der Waals surface area contributed by atoms with Gasteiger partial charge in [-0.15, -0.1) is 6.58 Å². The van der Waals surface area contributed by atoms with Gasteiger partial charge in [0.1, 0.15) is 5.65 Å². The molecule has 0 spiro atoms. The molecule has 0 unspecified atom stereocenters. The van der Waals surface area contributed by atoms with Gasteiger partial charge in [-0.05, 0) is 31.4 Å². The van der Waals surface area contributed by atoms with E-state index >= 15 is 0 Å². The van der Waals surface area contributed by atoms with Gasteiger partial charge >= 0.3 is 0 Å². The molecular weight excluding hydrogens is 374 g/mol. The Bertz CT molecular complexity index is 850. The molecule has 3 rings (SSSR count). The number of rotatable bonds is 8. The minimum atomic E-state index is -0.0106. The van der Waals surface area contributed by atoms with E-state index in [0.717, 1.165) is 41.6 Å². The number of amides is 1. The van der Waals surface area contributed by atoms with E-state index in [1.54, 1.807) is 12.3 Å². The van der Waals surface area contributed by atoms with Crippen LogP contribution < -0.4 is 10.9 Å². The average Bonchev–Trinajstić information content (AvgIpc) is 3.47. The Hall–Kier alpha value is -2.86. The molecule has 6 nitrogen and oxygen atoms in total. The van der Waals surface area contributed by atoms with Crippen molar-refractivity contribution in [1.29, 1.82) is 0 Å². The molecule has 0 aliphatic carbocycles. The Balaban J connectivity index is 0.00000106. The molecule has 0 fully saturated rings. The zero-order valence-electron chi connectivity index (χ0n) is 19.1. The second kappa shape index (κ2) is 14.2. The molecule has 0 saturated carbocycles. The molecule has 0 aromatic carbocycles. The van der Waals surface area contributed by atoms with Gasteiger partial charge < -0.3 is 15.3 Å². The van der Waals surface area contributed by atoms with Crippen LogP contribution in [-0.2, 0) is 0 Å². The van der Waals surface area contributed by atoms with Crippen LogP contribution in [0.2, 0.25) is 0 Å². The first kappa shape index (κ1) is 25.2. The number of nitrogens with one attached hydrogen (secondary N) is 3. The number of allylic oxidation sites excluding steroid dienone is 2. The van der Waals surface area contributed by atoms with Crippen molar-refractivity contribution >= 4 is 22.5 Å². The highest BCUT2D eigenvalue weighted by Crippen LogP contribution is 2.25. The number of carbonyl (C=O) groups excluding carboxylic acids is 1. The number of hydrogen-bond donors (Lipinski definition) is 3. The monoisotopic (exact) mass is 411 g/mol. The van der Waals surface area contributed by atoms with Gasteiger partial charge in [-0.3, -0.25) is 4.79 Å². The van der Waals surface area contributed by atoms with Crippen molar-refractivity contribution in [2.24, 2.45) is 0 Å². The molecule has 1 aliphatic heterocycles. The van der Waals surface area contributed by atoms with E-state index in [9.17, 15) is 4.79 Å². The van der Waals surface area contributed by atoms with Crippen LogP contribution in [0, 0.1) is 0 Å². The summed E-state index contributed by atoms with van der Waals surface area (Å²) in [6.45, 7) is 15.8. The summed E-state index contributed by atoms with van der Waals surface area (Å²) in [6.07, 6.45) is 13.3. The predicted molar refractivity (Wildman–Crippen MR) is 128 cm³/mol. The summed E-state index contributed by atoms with van der Waals surface area (Å²) < 4.78 is 0. The number of fused-ring (bicyclic) bond motifs is 1. The molecule has 0 saturated heterocycles. The molecule has 0 radical (unpaired) electrons. The molecule has 164 valence electrons. The van der Waals surface area contributed by atoms with E-state index in [0.29, 0.717) is 18.7 Å². The lowest BCUT2D eigenvalue weighted by molar-refractivity contribution is 0.0772. The molecule has 2 aromatic rings. The molecule has 3 heterocycles. The fourth-order valence-electron chi connectivity index (χ4n) is 3.08. The van der Waals surface area contributed by atoms with Crippen molar-refractivity contribution in [1.82, 2.24) is 25.7 Å². The Morgan fingerprint density at radius 2 is 2.07 bits per heavy atom. The van der Waals surface area contributed by atoms with Crippen LogP contribution in [0.3, 0.4) is 0 Å². The van der Waals surface area contributed by atoms with Gasteiger partial charge in [0.05, 0.1) is 5.56 Å². The van der Waals surface area contributed by atoms with Crippen molar-refractivity contribution in [3.63, 3.8) is 0 Å². The third-order valence-electron chi connectivity index (χ3n) is 4.42. The van der Waals surface area contributed by atoms with Crippen LogP contribution in [0.25, 0.3) is 16.6 Å². The predicted octanol–water partition coefficient (Wildman–Crippen LogP) is 5.05. The van der Waals surface area contributed by atoms with Gasteiger partial charge in [-0.25, -0.2) is 10.4 Å². The fourth-order valence-corrected chi connectivity index (χ4v) is 3.08. The summed E-state index contributed by atoms with van der Waals surface area (Å²) in [4.78, 5) is 22.4. The molecule has 30 heavy (non-hydrogen) atoms. The van der Waals surface area contributed by atoms with E-state index in [1.807, 2.05) is 64.1 Å². The second-order valence-corrected chi connectivity index (χ2v) is 6.24. The molecule has 0 bridgehead atoms. The lowest BCUT2D eigenvalue weighted by Crippen LogP contribution is -2.32. The van der Waals surface area contributed by atoms with Gasteiger partial charge in [0, 0.05) is 49.2 Å². The lowest BCUT2D eigenvalue weighted by Gasteiger charge is -2.21. The summed E-state index contributed by atoms with van der Waals surface area (Å²) in [7, 11) is 0. The standard InChI is InChI=1S/C20H25N5O.2C2H6/c1-3-5-6-7-9-25(8-4-2)20(26)15-10-17-18(16-12-23-24-13-16)14-22-19(17)21-11-15;2*1-2/h3-5,10-12,14,23-24H,2,6-9,13H2,1H3,(H,21,22);2*1-2H3/b5-3-;;. The Morgan fingerprint density at radius 3 is 2.70 bits per heavy atom. The average molecular weight is 412 g/mol. The minimum absolute atomic E-state index is 0.0106. The van der Waals surface area contributed by atoms with Crippen LogP contribution in [-0.4, -0.2) is 40.4 Å². The maximum absolute atomic E-state index is 13.0. The van der Waals surface area contributed by atoms with Crippen LogP contribution >= 0.6 is 0 Å². The largest absolute Gasteiger partial charge is 0.346 e. The zero-order chi connectivity index (χ0) is 22.4. The van der Waals surface area contributed by atoms with Crippen molar-refractivity contribution in [2.45, 2.75) is 47.5 Å². The van der Waals surface area contributed by atoms with E-state index < -0.39 is 0 Å². The van der Waals surface area contributed by atoms with Crippen molar-refractivity contribution in [2.75, 3.05) is 19.6 Å². The molecule has 0 atom stereocenters. The smallest absolute Gasteiger partial charge is 0.255 e. The molecule has 6 heteroatoms. The number of aromatic amines is 1. The summed E-state index contributed by atoms with van der Waals surface area (Å²) in [5.41, 5.74) is 9.64. The SMILES string of the molecule is C=CCN(CCC/C=C\C)C(=O)c1cnc2[nH]cc(C3=CNNC3)c2c1.CC.CC. The number of aromatic nitrogens is 2. The molecular formula is C24H37N5O. The number of unbranched alkanes of at least 4 members (excludes halogenated alkanes) is 1. The topological polar surface area (TPSA) is 73.0 Å². The number of hydrogen-bond acceptors (Lipinski definition) is 4. The lowest BCUT2D eigenvalue weighted by atomic mass is 10.1. The maximum Gasteiger partial charge on any atom is 0.255 e.